The van der Waals surface area contributed by atoms with E-state index >= 15 is 0 Å². The lowest BCUT2D eigenvalue weighted by Crippen LogP contribution is -2.26. The van der Waals surface area contributed by atoms with Crippen LogP contribution in [0.25, 0.3) is 11.1 Å². The van der Waals surface area contributed by atoms with Crippen LogP contribution < -0.4 is 4.74 Å². The predicted molar refractivity (Wildman–Crippen MR) is 117 cm³/mol. The summed E-state index contributed by atoms with van der Waals surface area (Å²) >= 11 is 0. The van der Waals surface area contributed by atoms with Crippen LogP contribution in [0, 0.1) is 5.82 Å². The van der Waals surface area contributed by atoms with E-state index in [1.54, 1.807) is 24.3 Å². The Balaban J connectivity index is 1.80. The first-order valence-corrected chi connectivity index (χ1v) is 10.7. The molecule has 2 nitrogen and oxygen atoms in total. The van der Waals surface area contributed by atoms with Crippen molar-refractivity contribution < 1.29 is 31.8 Å². The molecular formula is C26H25F5O2. The van der Waals surface area contributed by atoms with Crippen molar-refractivity contribution in [2.45, 2.75) is 45.1 Å². The molecule has 0 saturated carbocycles. The maximum Gasteiger partial charge on any atom is 0.398 e. The maximum absolute atomic E-state index is 14.9. The molecule has 0 aliphatic heterocycles. The lowest BCUT2D eigenvalue weighted by atomic mass is 9.97. The molecule has 0 bridgehead atoms. The fourth-order valence-electron chi connectivity index (χ4n) is 3.54. The second-order valence-corrected chi connectivity index (χ2v) is 7.72. The number of rotatable bonds is 10. The fraction of sp³-hybridized carbons (Fsp3) is 0.308. The summed E-state index contributed by atoms with van der Waals surface area (Å²) in [6.07, 6.45) is -6.49. The summed E-state index contributed by atoms with van der Waals surface area (Å²) in [5.74, 6) is -2.42. The van der Waals surface area contributed by atoms with E-state index in [-0.39, 0.29) is 18.6 Å². The van der Waals surface area contributed by atoms with Crippen molar-refractivity contribution in [2.24, 2.45) is 0 Å². The molecule has 0 saturated heterocycles. The molecule has 7 heteroatoms. The second-order valence-electron chi connectivity index (χ2n) is 7.72. The Kier molecular flexibility index (Phi) is 8.08. The number of alkyl halides is 4. The number of aliphatic hydroxyl groups excluding tert-OH is 1. The van der Waals surface area contributed by atoms with Crippen LogP contribution in [0.2, 0.25) is 0 Å². The minimum atomic E-state index is -3.74. The number of aliphatic hydroxyl groups is 1. The Hall–Kier alpha value is -2.93. The van der Waals surface area contributed by atoms with Crippen LogP contribution in [0.15, 0.2) is 60.7 Å². The SMILES string of the molecule is CCc1ccc(CCC(F)(F)Oc2ccc(-c3ccc(CCO)cc3)c(C(F)F)c2F)cc1. The summed E-state index contributed by atoms with van der Waals surface area (Å²) in [5.41, 5.74) is 1.73. The molecule has 3 rings (SSSR count). The summed E-state index contributed by atoms with van der Waals surface area (Å²) in [5, 5.41) is 8.98. The third-order valence-corrected chi connectivity index (χ3v) is 5.42. The summed E-state index contributed by atoms with van der Waals surface area (Å²) in [7, 11) is 0. The van der Waals surface area contributed by atoms with Crippen molar-refractivity contribution in [3.05, 3.63) is 88.7 Å². The molecule has 3 aromatic rings. The first-order valence-electron chi connectivity index (χ1n) is 10.7. The highest BCUT2D eigenvalue weighted by Crippen LogP contribution is 2.39. The Morgan fingerprint density at radius 1 is 0.848 bits per heavy atom. The highest BCUT2D eigenvalue weighted by molar-refractivity contribution is 5.69. The fourth-order valence-corrected chi connectivity index (χ4v) is 3.54. The van der Waals surface area contributed by atoms with Gasteiger partial charge in [0.25, 0.3) is 6.43 Å². The van der Waals surface area contributed by atoms with Gasteiger partial charge in [0.2, 0.25) is 0 Å². The third kappa shape index (κ3) is 6.32. The van der Waals surface area contributed by atoms with Gasteiger partial charge in [-0.15, -0.1) is 0 Å². The zero-order valence-corrected chi connectivity index (χ0v) is 18.1. The average molecular weight is 464 g/mol. The zero-order chi connectivity index (χ0) is 24.0. The lowest BCUT2D eigenvalue weighted by molar-refractivity contribution is -0.181. The molecule has 0 heterocycles. The van der Waals surface area contributed by atoms with Crippen molar-refractivity contribution in [1.82, 2.24) is 0 Å². The molecule has 0 aliphatic carbocycles. The van der Waals surface area contributed by atoms with Gasteiger partial charge in [0, 0.05) is 6.61 Å². The van der Waals surface area contributed by atoms with Gasteiger partial charge in [-0.05, 0) is 59.2 Å². The number of hydrogen-bond donors (Lipinski definition) is 1. The molecule has 0 radical (unpaired) electrons. The van der Waals surface area contributed by atoms with Crippen LogP contribution in [0.1, 0.15) is 42.0 Å². The largest absolute Gasteiger partial charge is 0.429 e. The molecule has 176 valence electrons. The monoisotopic (exact) mass is 464 g/mol. The number of ether oxygens (including phenoxy) is 1. The molecule has 0 aliphatic rings. The standard InChI is InChI=1S/C26H25F5O2/c1-2-17-3-5-18(6-4-17)13-15-26(30,31)33-22-12-11-21(23(24(22)27)25(28)29)20-9-7-19(8-10-20)14-16-32/h3-12,25,32H,2,13-16H2,1H3. The van der Waals surface area contributed by atoms with Crippen molar-refractivity contribution in [3.63, 3.8) is 0 Å². The first-order chi connectivity index (χ1) is 15.7. The summed E-state index contributed by atoms with van der Waals surface area (Å²) in [6.45, 7) is 1.91. The summed E-state index contributed by atoms with van der Waals surface area (Å²) < 4.78 is 75.6. The van der Waals surface area contributed by atoms with E-state index in [4.69, 9.17) is 5.11 Å². The van der Waals surface area contributed by atoms with E-state index in [1.165, 1.54) is 12.1 Å². The molecular weight excluding hydrogens is 439 g/mol. The van der Waals surface area contributed by atoms with Crippen molar-refractivity contribution >= 4 is 0 Å². The summed E-state index contributed by atoms with van der Waals surface area (Å²) in [6, 6.07) is 15.6. The molecule has 1 N–H and O–H groups in total. The van der Waals surface area contributed by atoms with Crippen LogP contribution in [-0.4, -0.2) is 17.8 Å². The summed E-state index contributed by atoms with van der Waals surface area (Å²) in [4.78, 5) is 0. The Labute approximate surface area is 189 Å². The number of benzene rings is 3. The normalized spacial score (nSPS) is 11.8. The lowest BCUT2D eigenvalue weighted by Gasteiger charge is -2.20. The Morgan fingerprint density at radius 3 is 2.00 bits per heavy atom. The third-order valence-electron chi connectivity index (χ3n) is 5.42. The zero-order valence-electron chi connectivity index (χ0n) is 18.1. The number of halogens is 5. The van der Waals surface area contributed by atoms with Crippen LogP contribution in [0.3, 0.4) is 0 Å². The van der Waals surface area contributed by atoms with Gasteiger partial charge in [0.05, 0.1) is 12.0 Å². The minimum absolute atomic E-state index is 0.0153. The Bertz CT molecular complexity index is 1050. The molecule has 33 heavy (non-hydrogen) atoms. The topological polar surface area (TPSA) is 29.5 Å². The molecule has 0 fully saturated rings. The van der Waals surface area contributed by atoms with Crippen molar-refractivity contribution in [3.8, 4) is 16.9 Å². The van der Waals surface area contributed by atoms with Crippen LogP contribution in [0.5, 0.6) is 5.75 Å². The number of aryl methyl sites for hydroxylation is 2. The van der Waals surface area contributed by atoms with E-state index in [0.29, 0.717) is 17.5 Å². The molecule has 3 aromatic carbocycles. The van der Waals surface area contributed by atoms with Gasteiger partial charge >= 0.3 is 6.11 Å². The van der Waals surface area contributed by atoms with Gasteiger partial charge < -0.3 is 9.84 Å². The van der Waals surface area contributed by atoms with Gasteiger partial charge in [0.1, 0.15) is 0 Å². The van der Waals surface area contributed by atoms with Crippen molar-refractivity contribution in [2.75, 3.05) is 6.61 Å². The maximum atomic E-state index is 14.9. The van der Waals surface area contributed by atoms with E-state index < -0.39 is 36.1 Å². The Morgan fingerprint density at radius 2 is 1.42 bits per heavy atom. The predicted octanol–water partition coefficient (Wildman–Crippen LogP) is 7.13. The van der Waals surface area contributed by atoms with Gasteiger partial charge in [-0.3, -0.25) is 0 Å². The quantitative estimate of drug-likeness (QED) is 0.324. The smallest absolute Gasteiger partial charge is 0.398 e. The highest BCUT2D eigenvalue weighted by Gasteiger charge is 2.34. The highest BCUT2D eigenvalue weighted by atomic mass is 19.3. The van der Waals surface area contributed by atoms with Gasteiger partial charge in [-0.1, -0.05) is 55.5 Å². The minimum Gasteiger partial charge on any atom is -0.429 e. The first kappa shape index (κ1) is 24.7. The second kappa shape index (κ2) is 10.8. The van der Waals surface area contributed by atoms with Crippen molar-refractivity contribution in [1.29, 1.82) is 0 Å². The average Bonchev–Trinajstić information content (AvgIpc) is 2.80. The molecule has 0 aromatic heterocycles. The van der Waals surface area contributed by atoms with E-state index in [1.807, 2.05) is 19.1 Å². The van der Waals surface area contributed by atoms with Gasteiger partial charge in [0.15, 0.2) is 11.6 Å². The number of hydrogen-bond acceptors (Lipinski definition) is 2. The van der Waals surface area contributed by atoms with Crippen LogP contribution in [0.4, 0.5) is 22.0 Å². The van der Waals surface area contributed by atoms with Gasteiger partial charge in [-0.2, -0.15) is 8.78 Å². The van der Waals surface area contributed by atoms with Crippen LogP contribution in [-0.2, 0) is 19.3 Å². The van der Waals surface area contributed by atoms with E-state index in [9.17, 15) is 22.0 Å². The van der Waals surface area contributed by atoms with E-state index in [0.717, 1.165) is 29.7 Å². The molecule has 0 atom stereocenters. The molecule has 0 amide bonds. The van der Waals surface area contributed by atoms with E-state index in [2.05, 4.69) is 4.74 Å². The van der Waals surface area contributed by atoms with Gasteiger partial charge in [-0.25, -0.2) is 13.2 Å². The molecule has 0 spiro atoms. The molecule has 0 unspecified atom stereocenters. The van der Waals surface area contributed by atoms with Crippen LogP contribution >= 0.6 is 0 Å².